The third-order valence-electron chi connectivity index (χ3n) is 2.69. The van der Waals surface area contributed by atoms with Crippen LogP contribution >= 0.6 is 11.6 Å². The lowest BCUT2D eigenvalue weighted by atomic mass is 10.1. The monoisotopic (exact) mass is 315 g/mol. The van der Waals surface area contributed by atoms with Crippen LogP contribution in [0.3, 0.4) is 0 Å². The quantitative estimate of drug-likeness (QED) is 0.609. The molecule has 21 heavy (non-hydrogen) atoms. The van der Waals surface area contributed by atoms with Crippen molar-refractivity contribution in [3.05, 3.63) is 38.9 Å². The summed E-state index contributed by atoms with van der Waals surface area (Å²) in [6.45, 7) is 2.04. The molecule has 0 spiro atoms. The molecule has 2 N–H and O–H groups in total. The van der Waals surface area contributed by atoms with E-state index in [4.69, 9.17) is 11.6 Å². The lowest BCUT2D eigenvalue weighted by molar-refractivity contribution is -0.384. The first-order valence-electron chi connectivity index (χ1n) is 6.21. The number of amides is 1. The number of hydrogen-bond donors (Lipinski definition) is 2. The van der Waals surface area contributed by atoms with Crippen molar-refractivity contribution in [3.8, 4) is 0 Å². The third kappa shape index (κ3) is 5.30. The number of nitrogens with one attached hydrogen (secondary N) is 1. The number of carbonyl (C=O) groups is 1. The maximum atomic E-state index is 11.9. The molecule has 1 atom stereocenters. The van der Waals surface area contributed by atoms with Gasteiger partial charge in [0, 0.05) is 24.7 Å². The van der Waals surface area contributed by atoms with Crippen molar-refractivity contribution in [3.63, 3.8) is 0 Å². The van der Waals surface area contributed by atoms with E-state index in [1.165, 1.54) is 18.2 Å². The minimum atomic E-state index is -1.08. The molecule has 0 saturated carbocycles. The first kappa shape index (κ1) is 17.4. The number of likely N-dealkylation sites (N-methyl/N-ethyl adjacent to an activating group) is 1. The number of nitro benzene ring substituents is 1. The van der Waals surface area contributed by atoms with Crippen molar-refractivity contribution < 1.29 is 14.8 Å². The maximum absolute atomic E-state index is 11.9. The highest BCUT2D eigenvalue weighted by Crippen LogP contribution is 2.24. The van der Waals surface area contributed by atoms with Gasteiger partial charge in [-0.1, -0.05) is 11.6 Å². The van der Waals surface area contributed by atoms with E-state index in [0.29, 0.717) is 6.54 Å². The highest BCUT2D eigenvalue weighted by Gasteiger charge is 2.23. The predicted octanol–water partition coefficient (Wildman–Crippen LogP) is 1.29. The van der Waals surface area contributed by atoms with Gasteiger partial charge in [-0.25, -0.2) is 0 Å². The van der Waals surface area contributed by atoms with Crippen LogP contribution in [-0.2, 0) is 0 Å². The lowest BCUT2D eigenvalue weighted by Gasteiger charge is -2.27. The van der Waals surface area contributed by atoms with E-state index in [1.807, 2.05) is 14.1 Å². The summed E-state index contributed by atoms with van der Waals surface area (Å²) in [6.07, 6.45) is 0. The standard InChI is InChI=1S/C13H18ClN3O4/c1-13(19,8-16(2)3)7-15-12(18)9-4-5-11(17(20)21)10(14)6-9/h4-6,19H,7-8H2,1-3H3,(H,15,18). The third-order valence-corrected chi connectivity index (χ3v) is 3.00. The largest absolute Gasteiger partial charge is 0.387 e. The zero-order valence-corrected chi connectivity index (χ0v) is 12.8. The molecule has 0 bridgehead atoms. The van der Waals surface area contributed by atoms with E-state index < -0.39 is 16.4 Å². The van der Waals surface area contributed by atoms with Crippen LogP contribution in [0, 0.1) is 10.1 Å². The average Bonchev–Trinajstić information content (AvgIpc) is 2.33. The second-order valence-electron chi connectivity index (χ2n) is 5.34. The Morgan fingerprint density at radius 3 is 2.62 bits per heavy atom. The molecule has 0 radical (unpaired) electrons. The molecule has 0 aliphatic heterocycles. The number of aliphatic hydroxyl groups is 1. The molecule has 1 rings (SSSR count). The van der Waals surface area contributed by atoms with Gasteiger partial charge in [0.1, 0.15) is 5.02 Å². The van der Waals surface area contributed by atoms with Crippen LogP contribution < -0.4 is 5.32 Å². The van der Waals surface area contributed by atoms with Crippen molar-refractivity contribution in [2.75, 3.05) is 27.2 Å². The SMILES string of the molecule is CN(C)CC(C)(O)CNC(=O)c1ccc([N+](=O)[O-])c(Cl)c1. The van der Waals surface area contributed by atoms with Gasteiger partial charge in [0.15, 0.2) is 0 Å². The number of rotatable bonds is 6. The van der Waals surface area contributed by atoms with Crippen LogP contribution in [0.4, 0.5) is 5.69 Å². The Morgan fingerprint density at radius 2 is 2.14 bits per heavy atom. The van der Waals surface area contributed by atoms with Gasteiger partial charge >= 0.3 is 0 Å². The second kappa shape index (κ2) is 6.84. The first-order chi connectivity index (χ1) is 9.62. The summed E-state index contributed by atoms with van der Waals surface area (Å²) in [6, 6.07) is 3.73. The molecule has 116 valence electrons. The molecule has 0 fully saturated rings. The number of hydrogen-bond acceptors (Lipinski definition) is 5. The Kier molecular flexibility index (Phi) is 5.65. The van der Waals surface area contributed by atoms with Gasteiger partial charge in [0.2, 0.25) is 0 Å². The highest BCUT2D eigenvalue weighted by atomic mass is 35.5. The van der Waals surface area contributed by atoms with Crippen LogP contribution in [0.1, 0.15) is 17.3 Å². The molecule has 0 aromatic heterocycles. The normalized spacial score (nSPS) is 13.8. The fraction of sp³-hybridized carbons (Fsp3) is 0.462. The summed E-state index contributed by atoms with van der Waals surface area (Å²) < 4.78 is 0. The van der Waals surface area contributed by atoms with Gasteiger partial charge in [-0.3, -0.25) is 14.9 Å². The Hall–Kier alpha value is -1.70. The first-order valence-corrected chi connectivity index (χ1v) is 6.59. The van der Waals surface area contributed by atoms with Crippen molar-refractivity contribution in [2.45, 2.75) is 12.5 Å². The molecule has 0 saturated heterocycles. The van der Waals surface area contributed by atoms with Gasteiger partial charge in [0.05, 0.1) is 10.5 Å². The summed E-state index contributed by atoms with van der Waals surface area (Å²) in [4.78, 5) is 23.8. The van der Waals surface area contributed by atoms with E-state index in [2.05, 4.69) is 5.32 Å². The van der Waals surface area contributed by atoms with Crippen LogP contribution in [0.25, 0.3) is 0 Å². The summed E-state index contributed by atoms with van der Waals surface area (Å²) in [5, 5.41) is 23.2. The summed E-state index contributed by atoms with van der Waals surface area (Å²) in [7, 11) is 3.62. The predicted molar refractivity (Wildman–Crippen MR) is 79.6 cm³/mol. The highest BCUT2D eigenvalue weighted by molar-refractivity contribution is 6.33. The Morgan fingerprint density at radius 1 is 1.52 bits per heavy atom. The van der Waals surface area contributed by atoms with Crippen LogP contribution in [0.5, 0.6) is 0 Å². The topological polar surface area (TPSA) is 95.7 Å². The summed E-state index contributed by atoms with van der Waals surface area (Å²) in [5.74, 6) is -0.453. The van der Waals surface area contributed by atoms with Crippen molar-refractivity contribution >= 4 is 23.2 Å². The molecule has 0 aliphatic carbocycles. The second-order valence-corrected chi connectivity index (χ2v) is 5.75. The minimum absolute atomic E-state index is 0.0542. The number of benzene rings is 1. The van der Waals surface area contributed by atoms with Crippen LogP contribution in [-0.4, -0.2) is 53.6 Å². The number of halogens is 1. The molecule has 1 aromatic rings. The van der Waals surface area contributed by atoms with E-state index >= 15 is 0 Å². The fourth-order valence-electron chi connectivity index (χ4n) is 1.91. The van der Waals surface area contributed by atoms with Crippen molar-refractivity contribution in [1.29, 1.82) is 0 Å². The number of nitrogens with zero attached hydrogens (tertiary/aromatic N) is 2. The molecule has 7 nitrogen and oxygen atoms in total. The van der Waals surface area contributed by atoms with Crippen molar-refractivity contribution in [1.82, 2.24) is 10.2 Å². The molecular weight excluding hydrogens is 298 g/mol. The molecular formula is C13H18ClN3O4. The Bertz CT molecular complexity index is 546. The maximum Gasteiger partial charge on any atom is 0.287 e. The zero-order chi connectivity index (χ0) is 16.2. The van der Waals surface area contributed by atoms with Gasteiger partial charge in [-0.15, -0.1) is 0 Å². The van der Waals surface area contributed by atoms with Gasteiger partial charge in [-0.05, 0) is 33.2 Å². The van der Waals surface area contributed by atoms with Gasteiger partial charge < -0.3 is 15.3 Å². The Labute approximate surface area is 127 Å². The van der Waals surface area contributed by atoms with Gasteiger partial charge in [-0.2, -0.15) is 0 Å². The van der Waals surface area contributed by atoms with Crippen molar-refractivity contribution in [2.24, 2.45) is 0 Å². The van der Waals surface area contributed by atoms with E-state index in [1.54, 1.807) is 11.8 Å². The van der Waals surface area contributed by atoms with E-state index in [0.717, 1.165) is 0 Å². The molecule has 1 amide bonds. The zero-order valence-electron chi connectivity index (χ0n) is 12.1. The number of carbonyl (C=O) groups excluding carboxylic acids is 1. The molecule has 0 aliphatic rings. The van der Waals surface area contributed by atoms with E-state index in [9.17, 15) is 20.0 Å². The summed E-state index contributed by atoms with van der Waals surface area (Å²) >= 11 is 5.75. The average molecular weight is 316 g/mol. The van der Waals surface area contributed by atoms with Gasteiger partial charge in [0.25, 0.3) is 11.6 Å². The number of nitro groups is 1. The molecule has 8 heteroatoms. The molecule has 0 heterocycles. The smallest absolute Gasteiger partial charge is 0.287 e. The summed E-state index contributed by atoms with van der Waals surface area (Å²) in [5.41, 5.74) is -1.14. The minimum Gasteiger partial charge on any atom is -0.387 e. The lowest BCUT2D eigenvalue weighted by Crippen LogP contribution is -2.47. The Balaban J connectivity index is 2.73. The van der Waals surface area contributed by atoms with Crippen LogP contribution in [0.15, 0.2) is 18.2 Å². The van der Waals surface area contributed by atoms with Crippen LogP contribution in [0.2, 0.25) is 5.02 Å². The van der Waals surface area contributed by atoms with E-state index in [-0.39, 0.29) is 22.8 Å². The fourth-order valence-corrected chi connectivity index (χ4v) is 2.16. The molecule has 1 aromatic carbocycles. The molecule has 1 unspecified atom stereocenters.